The van der Waals surface area contributed by atoms with Gasteiger partial charge in [0.15, 0.2) is 11.6 Å². The summed E-state index contributed by atoms with van der Waals surface area (Å²) in [6, 6.07) is 8.81. The fourth-order valence-electron chi connectivity index (χ4n) is 3.47. The van der Waals surface area contributed by atoms with Crippen LogP contribution in [0.1, 0.15) is 29.0 Å². The van der Waals surface area contributed by atoms with Gasteiger partial charge in [0, 0.05) is 43.8 Å². The lowest BCUT2D eigenvalue weighted by Gasteiger charge is -2.19. The van der Waals surface area contributed by atoms with Crippen molar-refractivity contribution >= 4 is 17.3 Å². The van der Waals surface area contributed by atoms with Gasteiger partial charge in [0.25, 0.3) is 5.91 Å². The van der Waals surface area contributed by atoms with Crippen LogP contribution in [0.4, 0.5) is 20.2 Å². The number of aryl methyl sites for hydroxylation is 1. The summed E-state index contributed by atoms with van der Waals surface area (Å²) >= 11 is 0. The first-order chi connectivity index (χ1) is 14.5. The highest BCUT2D eigenvalue weighted by Crippen LogP contribution is 2.30. The zero-order chi connectivity index (χ0) is 21.1. The fourth-order valence-corrected chi connectivity index (χ4v) is 3.47. The Morgan fingerprint density at radius 3 is 2.40 bits per heavy atom. The molecule has 6 nitrogen and oxygen atoms in total. The van der Waals surface area contributed by atoms with Crippen molar-refractivity contribution in [1.29, 1.82) is 0 Å². The predicted molar refractivity (Wildman–Crippen MR) is 110 cm³/mol. The average molecular weight is 412 g/mol. The predicted octanol–water partition coefficient (Wildman–Crippen LogP) is 4.13. The highest BCUT2D eigenvalue weighted by molar-refractivity contribution is 6.04. The van der Waals surface area contributed by atoms with Gasteiger partial charge in [-0.2, -0.15) is 0 Å². The van der Waals surface area contributed by atoms with Crippen LogP contribution in [0.2, 0.25) is 0 Å². The SMILES string of the molecule is Cn1ccnc1COc1ccc(C(=O)Nc2cc(F)c(N3CCCC3)c(F)c2)cc1. The second-order valence-corrected chi connectivity index (χ2v) is 7.20. The van der Waals surface area contributed by atoms with Gasteiger partial charge >= 0.3 is 0 Å². The minimum Gasteiger partial charge on any atom is -0.486 e. The van der Waals surface area contributed by atoms with Crippen LogP contribution in [-0.2, 0) is 13.7 Å². The monoisotopic (exact) mass is 412 g/mol. The van der Waals surface area contributed by atoms with E-state index in [2.05, 4.69) is 10.3 Å². The largest absolute Gasteiger partial charge is 0.486 e. The van der Waals surface area contributed by atoms with Gasteiger partial charge in [-0.25, -0.2) is 13.8 Å². The molecule has 0 radical (unpaired) electrons. The maximum absolute atomic E-state index is 14.4. The Hall–Kier alpha value is -3.42. The quantitative estimate of drug-likeness (QED) is 0.661. The van der Waals surface area contributed by atoms with Gasteiger partial charge in [0.05, 0.1) is 0 Å². The third kappa shape index (κ3) is 4.27. The smallest absolute Gasteiger partial charge is 0.255 e. The molecule has 1 saturated heterocycles. The zero-order valence-electron chi connectivity index (χ0n) is 16.6. The van der Waals surface area contributed by atoms with E-state index < -0.39 is 17.5 Å². The number of imidazole rings is 1. The molecule has 1 amide bonds. The summed E-state index contributed by atoms with van der Waals surface area (Å²) in [5.74, 6) is -0.450. The first kappa shape index (κ1) is 19.9. The van der Waals surface area contributed by atoms with Crippen molar-refractivity contribution in [3.05, 3.63) is 71.8 Å². The molecule has 3 aromatic rings. The molecule has 0 spiro atoms. The Labute approximate surface area is 173 Å². The average Bonchev–Trinajstić information content (AvgIpc) is 3.38. The molecule has 1 fully saturated rings. The summed E-state index contributed by atoms with van der Waals surface area (Å²) in [7, 11) is 1.88. The van der Waals surface area contributed by atoms with Crippen molar-refractivity contribution < 1.29 is 18.3 Å². The van der Waals surface area contributed by atoms with Crippen molar-refractivity contribution in [2.75, 3.05) is 23.3 Å². The summed E-state index contributed by atoms with van der Waals surface area (Å²) in [6.45, 7) is 1.57. The standard InChI is InChI=1S/C22H22F2N4O2/c1-27-11-8-25-20(27)14-30-17-6-4-15(5-7-17)22(29)26-16-12-18(23)21(19(24)13-16)28-9-2-3-10-28/h4-8,11-13H,2-3,9-10,14H2,1H3,(H,26,29). The maximum atomic E-state index is 14.4. The van der Waals surface area contributed by atoms with Gasteiger partial charge < -0.3 is 19.5 Å². The lowest BCUT2D eigenvalue weighted by molar-refractivity contribution is 0.102. The van der Waals surface area contributed by atoms with Gasteiger partial charge in [-0.1, -0.05) is 0 Å². The van der Waals surface area contributed by atoms with E-state index in [1.165, 1.54) is 0 Å². The highest BCUT2D eigenvalue weighted by Gasteiger charge is 2.21. The number of nitrogens with one attached hydrogen (secondary N) is 1. The molecular formula is C22H22F2N4O2. The van der Waals surface area contributed by atoms with Crippen molar-refractivity contribution in [3.8, 4) is 5.75 Å². The van der Waals surface area contributed by atoms with E-state index in [1.807, 2.05) is 17.8 Å². The summed E-state index contributed by atoms with van der Waals surface area (Å²) in [6.07, 6.45) is 5.35. The van der Waals surface area contributed by atoms with E-state index in [1.54, 1.807) is 35.4 Å². The minimum absolute atomic E-state index is 0.0280. The Morgan fingerprint density at radius 2 is 1.80 bits per heavy atom. The molecule has 0 aliphatic carbocycles. The van der Waals surface area contributed by atoms with Gasteiger partial charge in [-0.15, -0.1) is 0 Å². The molecule has 0 atom stereocenters. The number of amides is 1. The maximum Gasteiger partial charge on any atom is 0.255 e. The van der Waals surface area contributed by atoms with Crippen LogP contribution < -0.4 is 15.0 Å². The van der Waals surface area contributed by atoms with E-state index in [4.69, 9.17) is 4.74 Å². The number of rotatable bonds is 6. The summed E-state index contributed by atoms with van der Waals surface area (Å²) in [4.78, 5) is 18.3. The molecule has 0 bridgehead atoms. The molecule has 1 aromatic heterocycles. The molecule has 8 heteroatoms. The molecule has 1 N–H and O–H groups in total. The van der Waals surface area contributed by atoms with Crippen LogP contribution in [-0.4, -0.2) is 28.5 Å². The molecule has 0 saturated carbocycles. The fraction of sp³-hybridized carbons (Fsp3) is 0.273. The molecule has 1 aliphatic heterocycles. The Bertz CT molecular complexity index is 1020. The highest BCUT2D eigenvalue weighted by atomic mass is 19.1. The third-order valence-electron chi connectivity index (χ3n) is 5.10. The second kappa shape index (κ2) is 8.52. The van der Waals surface area contributed by atoms with Crippen molar-refractivity contribution in [2.45, 2.75) is 19.4 Å². The zero-order valence-corrected chi connectivity index (χ0v) is 16.6. The van der Waals surface area contributed by atoms with Crippen molar-refractivity contribution in [1.82, 2.24) is 9.55 Å². The number of hydrogen-bond acceptors (Lipinski definition) is 4. The molecule has 1 aliphatic rings. The number of ether oxygens (including phenoxy) is 1. The number of benzene rings is 2. The first-order valence-corrected chi connectivity index (χ1v) is 9.75. The molecule has 0 unspecified atom stereocenters. The van der Waals surface area contributed by atoms with Crippen LogP contribution in [0.15, 0.2) is 48.8 Å². The summed E-state index contributed by atoms with van der Waals surface area (Å²) in [5, 5.41) is 2.55. The lowest BCUT2D eigenvalue weighted by atomic mass is 10.2. The van der Waals surface area contributed by atoms with Crippen molar-refractivity contribution in [3.63, 3.8) is 0 Å². The van der Waals surface area contributed by atoms with Gasteiger partial charge in [0.1, 0.15) is 23.9 Å². The van der Waals surface area contributed by atoms with Crippen LogP contribution in [0.3, 0.4) is 0 Å². The molecule has 2 aromatic carbocycles. The number of aromatic nitrogens is 2. The summed E-state index contributed by atoms with van der Waals surface area (Å²) < 4.78 is 36.4. The molecule has 156 valence electrons. The Kier molecular flexibility index (Phi) is 5.65. The molecule has 30 heavy (non-hydrogen) atoms. The summed E-state index contributed by atoms with van der Waals surface area (Å²) in [5.41, 5.74) is 0.400. The van der Waals surface area contributed by atoms with Crippen LogP contribution >= 0.6 is 0 Å². The van der Waals surface area contributed by atoms with E-state index in [-0.39, 0.29) is 11.4 Å². The topological polar surface area (TPSA) is 59.4 Å². The minimum atomic E-state index is -0.676. The third-order valence-corrected chi connectivity index (χ3v) is 5.10. The van der Waals surface area contributed by atoms with E-state index >= 15 is 0 Å². The molecular weight excluding hydrogens is 390 g/mol. The van der Waals surface area contributed by atoms with Crippen molar-refractivity contribution in [2.24, 2.45) is 7.05 Å². The number of nitrogens with zero attached hydrogens (tertiary/aromatic N) is 3. The van der Waals surface area contributed by atoms with Gasteiger partial charge in [-0.3, -0.25) is 4.79 Å². The van der Waals surface area contributed by atoms with Crippen LogP contribution in [0, 0.1) is 11.6 Å². The van der Waals surface area contributed by atoms with Gasteiger partial charge in [-0.05, 0) is 49.2 Å². The van der Waals surface area contributed by atoms with Crippen LogP contribution in [0.25, 0.3) is 0 Å². The Morgan fingerprint density at radius 1 is 1.13 bits per heavy atom. The first-order valence-electron chi connectivity index (χ1n) is 9.75. The Balaban J connectivity index is 1.40. The van der Waals surface area contributed by atoms with E-state index in [0.717, 1.165) is 30.8 Å². The number of halogens is 2. The molecule has 2 heterocycles. The van der Waals surface area contributed by atoms with E-state index in [9.17, 15) is 13.6 Å². The normalized spacial score (nSPS) is 13.5. The number of carbonyl (C=O) groups is 1. The number of anilines is 2. The van der Waals surface area contributed by atoms with E-state index in [0.29, 0.717) is 31.0 Å². The van der Waals surface area contributed by atoms with Gasteiger partial charge in [0.2, 0.25) is 0 Å². The lowest BCUT2D eigenvalue weighted by Crippen LogP contribution is -2.21. The molecule has 4 rings (SSSR count). The van der Waals surface area contributed by atoms with Crippen LogP contribution in [0.5, 0.6) is 5.75 Å². The number of carbonyl (C=O) groups excluding carboxylic acids is 1. The second-order valence-electron chi connectivity index (χ2n) is 7.20. The number of hydrogen-bond donors (Lipinski definition) is 1.